The maximum atomic E-state index is 11.7. The summed E-state index contributed by atoms with van der Waals surface area (Å²) in [4.78, 5) is 20.8. The summed E-state index contributed by atoms with van der Waals surface area (Å²) in [6.45, 7) is 4.41. The molecule has 0 unspecified atom stereocenters. The minimum atomic E-state index is 0. The number of carbonyl (C=O) groups excluding carboxylic acids is 1. The molecule has 1 aromatic carbocycles. The molecule has 0 aromatic heterocycles. The van der Waals surface area contributed by atoms with E-state index in [-0.39, 0.29) is 29.9 Å². The summed E-state index contributed by atoms with van der Waals surface area (Å²) in [5, 5.41) is 6.42. The number of hydrogen-bond donors (Lipinski definition) is 2. The van der Waals surface area contributed by atoms with Crippen molar-refractivity contribution in [2.24, 2.45) is 4.99 Å². The largest absolute Gasteiger partial charge is 0.495 e. The van der Waals surface area contributed by atoms with Crippen molar-refractivity contribution in [2.45, 2.75) is 31.7 Å². The van der Waals surface area contributed by atoms with Crippen molar-refractivity contribution >= 4 is 41.5 Å². The molecule has 1 aromatic rings. The average Bonchev–Trinajstić information content (AvgIpc) is 3.52. The van der Waals surface area contributed by atoms with E-state index in [0.717, 1.165) is 69.4 Å². The van der Waals surface area contributed by atoms with Crippen LogP contribution in [0.2, 0.25) is 0 Å². The van der Waals surface area contributed by atoms with Gasteiger partial charge in [-0.05, 0) is 31.4 Å². The van der Waals surface area contributed by atoms with Crippen molar-refractivity contribution in [2.75, 3.05) is 51.8 Å². The van der Waals surface area contributed by atoms with Gasteiger partial charge in [-0.2, -0.15) is 0 Å². The molecule has 156 valence electrons. The maximum Gasteiger partial charge on any atom is 0.220 e. The van der Waals surface area contributed by atoms with Gasteiger partial charge in [0.15, 0.2) is 5.96 Å². The van der Waals surface area contributed by atoms with E-state index in [1.165, 1.54) is 0 Å². The Labute approximate surface area is 184 Å². The van der Waals surface area contributed by atoms with Gasteiger partial charge in [0.2, 0.25) is 5.91 Å². The van der Waals surface area contributed by atoms with Crippen LogP contribution in [0, 0.1) is 0 Å². The summed E-state index contributed by atoms with van der Waals surface area (Å²) in [5.74, 6) is 2.00. The van der Waals surface area contributed by atoms with Crippen LogP contribution in [0.4, 0.5) is 5.69 Å². The number of para-hydroxylation sites is 2. The number of halogens is 1. The van der Waals surface area contributed by atoms with Crippen LogP contribution in [-0.4, -0.2) is 69.7 Å². The zero-order valence-corrected chi connectivity index (χ0v) is 19.1. The number of anilines is 1. The smallest absolute Gasteiger partial charge is 0.220 e. The van der Waals surface area contributed by atoms with E-state index < -0.39 is 0 Å². The first-order chi connectivity index (χ1) is 13.2. The number of piperazine rings is 1. The highest BCUT2D eigenvalue weighted by Gasteiger charge is 2.23. The molecule has 28 heavy (non-hydrogen) atoms. The van der Waals surface area contributed by atoms with E-state index in [0.29, 0.717) is 12.5 Å². The van der Waals surface area contributed by atoms with Crippen LogP contribution in [0.3, 0.4) is 0 Å². The quantitative estimate of drug-likeness (QED) is 0.259. The molecule has 3 rings (SSSR count). The molecule has 0 radical (unpaired) electrons. The summed E-state index contributed by atoms with van der Waals surface area (Å²) in [7, 11) is 3.53. The van der Waals surface area contributed by atoms with E-state index in [9.17, 15) is 4.79 Å². The number of carbonyl (C=O) groups is 1. The van der Waals surface area contributed by atoms with E-state index >= 15 is 0 Å². The molecule has 0 bridgehead atoms. The molecule has 2 aliphatic rings. The Morgan fingerprint density at radius 3 is 2.57 bits per heavy atom. The fourth-order valence-corrected chi connectivity index (χ4v) is 3.36. The average molecular weight is 501 g/mol. The second-order valence-corrected chi connectivity index (χ2v) is 7.07. The van der Waals surface area contributed by atoms with Crippen LogP contribution in [0.1, 0.15) is 25.7 Å². The van der Waals surface area contributed by atoms with Crippen molar-refractivity contribution in [3.63, 3.8) is 0 Å². The maximum absolute atomic E-state index is 11.7. The van der Waals surface area contributed by atoms with Crippen LogP contribution in [0.25, 0.3) is 0 Å². The van der Waals surface area contributed by atoms with E-state index in [1.54, 1.807) is 7.11 Å². The van der Waals surface area contributed by atoms with Crippen LogP contribution >= 0.6 is 24.0 Å². The predicted molar refractivity (Wildman–Crippen MR) is 124 cm³/mol. The number of nitrogens with zero attached hydrogens (tertiary/aromatic N) is 3. The lowest BCUT2D eigenvalue weighted by molar-refractivity contribution is -0.121. The van der Waals surface area contributed by atoms with Gasteiger partial charge in [-0.25, -0.2) is 0 Å². The molecule has 8 heteroatoms. The Morgan fingerprint density at radius 2 is 1.93 bits per heavy atom. The molecule has 0 spiro atoms. The summed E-state index contributed by atoms with van der Waals surface area (Å²) in [6, 6.07) is 8.59. The molecule has 1 heterocycles. The number of rotatable bonds is 7. The molecular weight excluding hydrogens is 469 g/mol. The van der Waals surface area contributed by atoms with Gasteiger partial charge >= 0.3 is 0 Å². The lowest BCUT2D eigenvalue weighted by Gasteiger charge is -2.38. The molecule has 1 saturated carbocycles. The predicted octanol–water partition coefficient (Wildman–Crippen LogP) is 2.07. The highest BCUT2D eigenvalue weighted by atomic mass is 127. The first kappa shape index (κ1) is 22.6. The summed E-state index contributed by atoms with van der Waals surface area (Å²) >= 11 is 0. The second kappa shape index (κ2) is 11.3. The Bertz CT molecular complexity index is 658. The SMILES string of the molecule is CN=C(NCCCC(=O)NC1CC1)N1CCN(c2ccccc2OC)CC1.I. The number of hydrogen-bond acceptors (Lipinski definition) is 4. The molecule has 7 nitrogen and oxygen atoms in total. The first-order valence-corrected chi connectivity index (χ1v) is 9.84. The zero-order chi connectivity index (χ0) is 19.1. The third kappa shape index (κ3) is 6.42. The highest BCUT2D eigenvalue weighted by molar-refractivity contribution is 14.0. The minimum Gasteiger partial charge on any atom is -0.495 e. The van der Waals surface area contributed by atoms with Crippen LogP contribution < -0.4 is 20.3 Å². The van der Waals surface area contributed by atoms with Crippen molar-refractivity contribution in [3.05, 3.63) is 24.3 Å². The molecule has 1 aliphatic carbocycles. The number of guanidine groups is 1. The van der Waals surface area contributed by atoms with Gasteiger partial charge in [0.05, 0.1) is 12.8 Å². The van der Waals surface area contributed by atoms with Crippen LogP contribution in [0.15, 0.2) is 29.3 Å². The topological polar surface area (TPSA) is 69.2 Å². The fourth-order valence-electron chi connectivity index (χ4n) is 3.36. The molecule has 0 atom stereocenters. The van der Waals surface area contributed by atoms with Crippen LogP contribution in [0.5, 0.6) is 5.75 Å². The molecule has 2 fully saturated rings. The summed E-state index contributed by atoms with van der Waals surface area (Å²) in [5.41, 5.74) is 1.14. The Hall–Kier alpha value is -1.71. The third-order valence-electron chi connectivity index (χ3n) is 5.02. The minimum absolute atomic E-state index is 0. The van der Waals surface area contributed by atoms with Crippen LogP contribution in [-0.2, 0) is 4.79 Å². The molecule has 1 aliphatic heterocycles. The number of methoxy groups -OCH3 is 1. The molecule has 2 N–H and O–H groups in total. The monoisotopic (exact) mass is 501 g/mol. The number of amides is 1. The van der Waals surface area contributed by atoms with Gasteiger partial charge in [0.1, 0.15) is 5.75 Å². The van der Waals surface area contributed by atoms with Crippen molar-refractivity contribution < 1.29 is 9.53 Å². The molecular formula is C20H32IN5O2. The Kier molecular flexibility index (Phi) is 9.14. The van der Waals surface area contributed by atoms with Crippen molar-refractivity contribution in [3.8, 4) is 5.75 Å². The normalized spacial score (nSPS) is 17.0. The van der Waals surface area contributed by atoms with Gasteiger partial charge in [-0.15, -0.1) is 24.0 Å². The standard InChI is InChI=1S/C20H31N5O2.HI/c1-21-20(22-11-5-8-19(26)23-16-9-10-16)25-14-12-24(13-15-25)17-6-3-4-7-18(17)27-2;/h3-4,6-7,16H,5,8-15H2,1-2H3,(H,21,22)(H,23,26);1H. The Morgan fingerprint density at radius 1 is 1.21 bits per heavy atom. The number of ether oxygens (including phenoxy) is 1. The second-order valence-electron chi connectivity index (χ2n) is 7.07. The zero-order valence-electron chi connectivity index (χ0n) is 16.8. The van der Waals surface area contributed by atoms with Gasteiger partial charge < -0.3 is 25.2 Å². The van der Waals surface area contributed by atoms with Gasteiger partial charge in [-0.1, -0.05) is 12.1 Å². The fraction of sp³-hybridized carbons (Fsp3) is 0.600. The Balaban J connectivity index is 0.00000280. The summed E-state index contributed by atoms with van der Waals surface area (Å²) in [6.07, 6.45) is 3.66. The van der Waals surface area contributed by atoms with Gasteiger partial charge in [0.25, 0.3) is 0 Å². The lowest BCUT2D eigenvalue weighted by atomic mass is 10.2. The van der Waals surface area contributed by atoms with E-state index in [1.807, 2.05) is 25.2 Å². The first-order valence-electron chi connectivity index (χ1n) is 9.84. The highest BCUT2D eigenvalue weighted by Crippen LogP contribution is 2.28. The van der Waals surface area contributed by atoms with Gasteiger partial charge in [-0.3, -0.25) is 9.79 Å². The van der Waals surface area contributed by atoms with Gasteiger partial charge in [0, 0.05) is 52.2 Å². The number of nitrogens with one attached hydrogen (secondary N) is 2. The van der Waals surface area contributed by atoms with Crippen molar-refractivity contribution in [1.29, 1.82) is 0 Å². The molecule has 1 saturated heterocycles. The molecule has 1 amide bonds. The number of benzene rings is 1. The van der Waals surface area contributed by atoms with E-state index in [2.05, 4.69) is 31.5 Å². The van der Waals surface area contributed by atoms with E-state index in [4.69, 9.17) is 4.74 Å². The third-order valence-corrected chi connectivity index (χ3v) is 5.02. The number of aliphatic imine (C=N–C) groups is 1. The summed E-state index contributed by atoms with van der Waals surface area (Å²) < 4.78 is 5.48. The van der Waals surface area contributed by atoms with Crippen molar-refractivity contribution in [1.82, 2.24) is 15.5 Å². The lowest BCUT2D eigenvalue weighted by Crippen LogP contribution is -2.52.